The molecule has 0 aromatic heterocycles. The Morgan fingerprint density at radius 1 is 1.16 bits per heavy atom. The van der Waals surface area contributed by atoms with Crippen LogP contribution in [0.3, 0.4) is 0 Å². The molecule has 1 fully saturated rings. The summed E-state index contributed by atoms with van der Waals surface area (Å²) in [4.78, 5) is 12.7. The van der Waals surface area contributed by atoms with Gasteiger partial charge in [0.25, 0.3) is 5.91 Å². The Morgan fingerprint density at radius 3 is 2.56 bits per heavy atom. The predicted molar refractivity (Wildman–Crippen MR) is 101 cm³/mol. The molecular weight excluding hydrogens is 314 g/mol. The summed E-state index contributed by atoms with van der Waals surface area (Å²) in [5.74, 6) is -0.0316. The third-order valence-electron chi connectivity index (χ3n) is 4.93. The molecule has 0 N–H and O–H groups in total. The van der Waals surface area contributed by atoms with E-state index in [-0.39, 0.29) is 11.9 Å². The molecule has 1 aliphatic heterocycles. The van der Waals surface area contributed by atoms with Crippen molar-refractivity contribution in [1.82, 2.24) is 9.49 Å². The number of rotatable bonds is 4. The summed E-state index contributed by atoms with van der Waals surface area (Å²) in [6.45, 7) is 1.87. The summed E-state index contributed by atoms with van der Waals surface area (Å²) in [5, 5.41) is 14.8. The highest BCUT2D eigenvalue weighted by molar-refractivity contribution is 6.10. The number of azo groups is 1. The fourth-order valence-corrected chi connectivity index (χ4v) is 3.39. The van der Waals surface area contributed by atoms with Crippen molar-refractivity contribution in [3.05, 3.63) is 24.3 Å². The van der Waals surface area contributed by atoms with E-state index in [9.17, 15) is 4.79 Å². The molecule has 1 aromatic carbocycles. The molecule has 0 spiro atoms. The maximum Gasteiger partial charge on any atom is 0.275 e. The Labute approximate surface area is 149 Å². The van der Waals surface area contributed by atoms with Gasteiger partial charge in [0.1, 0.15) is 5.69 Å². The molecule has 3 rings (SSSR count). The third kappa shape index (κ3) is 3.95. The SMILES string of the molecule is CC1=NN(C2CCCCC2)C(=O)[C@@H]1N=Nc1cccc([N+](C)(C)C)c1. The van der Waals surface area contributed by atoms with E-state index in [0.717, 1.165) is 29.9 Å². The van der Waals surface area contributed by atoms with E-state index < -0.39 is 6.04 Å². The molecule has 1 heterocycles. The Kier molecular flexibility index (Phi) is 4.99. The van der Waals surface area contributed by atoms with Crippen molar-refractivity contribution in [1.29, 1.82) is 0 Å². The van der Waals surface area contributed by atoms with Crippen LogP contribution in [0.5, 0.6) is 0 Å². The molecule has 2 aliphatic rings. The standard InChI is InChI=1S/C19H28N5O/c1-14-18(19(25)23(22-14)16-10-6-5-7-11-16)21-20-15-9-8-12-17(13-15)24(2,3)4/h8-9,12-13,16,18H,5-7,10-11H2,1-4H3/q+1/t18-/m1/s1. The lowest BCUT2D eigenvalue weighted by atomic mass is 9.95. The van der Waals surface area contributed by atoms with Gasteiger partial charge in [0.05, 0.1) is 38.6 Å². The number of hydrogen-bond donors (Lipinski definition) is 0. The highest BCUT2D eigenvalue weighted by Gasteiger charge is 2.38. The summed E-state index contributed by atoms with van der Waals surface area (Å²) >= 11 is 0. The van der Waals surface area contributed by atoms with Gasteiger partial charge in [-0.3, -0.25) is 9.28 Å². The summed E-state index contributed by atoms with van der Waals surface area (Å²) in [6.07, 6.45) is 5.68. The van der Waals surface area contributed by atoms with Crippen LogP contribution in [0.2, 0.25) is 0 Å². The molecule has 0 unspecified atom stereocenters. The average Bonchev–Trinajstić information content (AvgIpc) is 2.88. The van der Waals surface area contributed by atoms with Crippen LogP contribution in [0.4, 0.5) is 11.4 Å². The van der Waals surface area contributed by atoms with Crippen molar-refractivity contribution in [2.45, 2.75) is 51.1 Å². The highest BCUT2D eigenvalue weighted by Crippen LogP contribution is 2.28. The topological polar surface area (TPSA) is 57.4 Å². The Morgan fingerprint density at radius 2 is 1.88 bits per heavy atom. The zero-order valence-corrected chi connectivity index (χ0v) is 15.6. The molecule has 1 aliphatic carbocycles. The van der Waals surface area contributed by atoms with Crippen LogP contribution in [0, 0.1) is 0 Å². The Bertz CT molecular complexity index is 698. The number of carbonyl (C=O) groups excluding carboxylic acids is 1. The van der Waals surface area contributed by atoms with Crippen LogP contribution < -0.4 is 4.48 Å². The number of amides is 1. The second kappa shape index (κ2) is 7.04. The van der Waals surface area contributed by atoms with E-state index >= 15 is 0 Å². The first-order valence-electron chi connectivity index (χ1n) is 9.07. The minimum atomic E-state index is -0.574. The van der Waals surface area contributed by atoms with Gasteiger partial charge in [-0.05, 0) is 31.9 Å². The molecule has 6 heteroatoms. The first-order chi connectivity index (χ1) is 11.9. The fraction of sp³-hybridized carbons (Fsp3) is 0.579. The minimum Gasteiger partial charge on any atom is -0.298 e. The van der Waals surface area contributed by atoms with Crippen molar-refractivity contribution in [2.24, 2.45) is 15.3 Å². The van der Waals surface area contributed by atoms with E-state index in [4.69, 9.17) is 0 Å². The van der Waals surface area contributed by atoms with Gasteiger partial charge < -0.3 is 0 Å². The van der Waals surface area contributed by atoms with Gasteiger partial charge in [0.2, 0.25) is 0 Å². The lowest BCUT2D eigenvalue weighted by Gasteiger charge is -2.28. The lowest BCUT2D eigenvalue weighted by Crippen LogP contribution is -2.38. The summed E-state index contributed by atoms with van der Waals surface area (Å²) < 4.78 is 0.710. The van der Waals surface area contributed by atoms with E-state index in [1.54, 1.807) is 5.01 Å². The molecular formula is C19H28N5O+. The van der Waals surface area contributed by atoms with Gasteiger partial charge in [-0.2, -0.15) is 15.3 Å². The van der Waals surface area contributed by atoms with Crippen molar-refractivity contribution in [3.8, 4) is 0 Å². The normalized spacial score (nSPS) is 22.7. The van der Waals surface area contributed by atoms with E-state index in [1.807, 2.05) is 25.1 Å². The third-order valence-corrected chi connectivity index (χ3v) is 4.93. The molecule has 134 valence electrons. The van der Waals surface area contributed by atoms with Crippen LogP contribution in [0.1, 0.15) is 39.0 Å². The van der Waals surface area contributed by atoms with E-state index in [2.05, 4.69) is 42.5 Å². The molecule has 0 radical (unpaired) electrons. The molecule has 0 saturated heterocycles. The highest BCUT2D eigenvalue weighted by atomic mass is 16.2. The Balaban J connectivity index is 1.74. The summed E-state index contributed by atoms with van der Waals surface area (Å²) in [6, 6.07) is 7.62. The largest absolute Gasteiger partial charge is 0.298 e. The van der Waals surface area contributed by atoms with Crippen LogP contribution in [-0.2, 0) is 4.79 Å². The van der Waals surface area contributed by atoms with Crippen molar-refractivity contribution >= 4 is 23.0 Å². The number of hydrazone groups is 1. The average molecular weight is 342 g/mol. The van der Waals surface area contributed by atoms with Crippen LogP contribution in [0.25, 0.3) is 0 Å². The number of hydrogen-bond acceptors (Lipinski definition) is 4. The van der Waals surface area contributed by atoms with Crippen LogP contribution >= 0.6 is 0 Å². The molecule has 25 heavy (non-hydrogen) atoms. The quantitative estimate of drug-likeness (QED) is 0.605. The van der Waals surface area contributed by atoms with Crippen molar-refractivity contribution in [2.75, 3.05) is 21.1 Å². The smallest absolute Gasteiger partial charge is 0.275 e. The Hall–Kier alpha value is -2.08. The fourth-order valence-electron chi connectivity index (χ4n) is 3.39. The van der Waals surface area contributed by atoms with Crippen molar-refractivity contribution in [3.63, 3.8) is 0 Å². The molecule has 1 aromatic rings. The molecule has 0 bridgehead atoms. The van der Waals surface area contributed by atoms with Gasteiger partial charge in [-0.1, -0.05) is 25.3 Å². The van der Waals surface area contributed by atoms with Gasteiger partial charge in [-0.15, -0.1) is 0 Å². The van der Waals surface area contributed by atoms with Crippen molar-refractivity contribution < 1.29 is 4.79 Å². The first kappa shape index (κ1) is 17.7. The molecule has 6 nitrogen and oxygen atoms in total. The zero-order valence-electron chi connectivity index (χ0n) is 15.6. The summed E-state index contributed by atoms with van der Waals surface area (Å²) in [5.41, 5.74) is 2.65. The monoisotopic (exact) mass is 342 g/mol. The lowest BCUT2D eigenvalue weighted by molar-refractivity contribution is -0.132. The van der Waals surface area contributed by atoms with Gasteiger partial charge in [0.15, 0.2) is 6.04 Å². The zero-order chi connectivity index (χ0) is 18.0. The molecule has 1 atom stereocenters. The van der Waals surface area contributed by atoms with Gasteiger partial charge >= 0.3 is 0 Å². The maximum atomic E-state index is 12.7. The van der Waals surface area contributed by atoms with Gasteiger partial charge in [0, 0.05) is 6.07 Å². The van der Waals surface area contributed by atoms with Crippen LogP contribution in [0.15, 0.2) is 39.6 Å². The number of benzene rings is 1. The van der Waals surface area contributed by atoms with Gasteiger partial charge in [-0.25, -0.2) is 5.01 Å². The van der Waals surface area contributed by atoms with Crippen LogP contribution in [-0.4, -0.2) is 49.9 Å². The first-order valence-corrected chi connectivity index (χ1v) is 9.07. The molecule has 1 saturated carbocycles. The second-order valence-electron chi connectivity index (χ2n) is 7.87. The maximum absolute atomic E-state index is 12.7. The van der Waals surface area contributed by atoms with E-state index in [0.29, 0.717) is 4.48 Å². The van der Waals surface area contributed by atoms with E-state index in [1.165, 1.54) is 19.3 Å². The predicted octanol–water partition coefficient (Wildman–Crippen LogP) is 3.89. The second-order valence-corrected chi connectivity index (χ2v) is 7.87. The minimum absolute atomic E-state index is 0.0316. The molecule has 1 amide bonds. The number of carbonyl (C=O) groups is 1. The number of nitrogens with zero attached hydrogens (tertiary/aromatic N) is 5. The summed E-state index contributed by atoms with van der Waals surface area (Å²) in [7, 11) is 6.32. The number of quaternary nitrogens is 1.